The smallest absolute Gasteiger partial charge is 0.314 e. The first-order valence-corrected chi connectivity index (χ1v) is 9.78. The monoisotopic (exact) mass is 337 g/mol. The summed E-state index contributed by atoms with van der Waals surface area (Å²) in [5, 5.41) is 6.84. The minimum Gasteiger partial charge on any atom is -0.357 e. The molecule has 0 aromatic heterocycles. The Morgan fingerprint density at radius 2 is 1.88 bits per heavy atom. The molecular weight excluding hydrogens is 302 g/mol. The molecule has 1 aliphatic carbocycles. The van der Waals surface area contributed by atoms with Crippen molar-refractivity contribution >= 4 is 12.0 Å². The number of aliphatic imine (C=N–C) groups is 1. The quantitative estimate of drug-likeness (QED) is 0.379. The van der Waals surface area contributed by atoms with Crippen LogP contribution in [0.25, 0.3) is 0 Å². The lowest BCUT2D eigenvalue weighted by Gasteiger charge is -2.32. The number of carbonyl (C=O) groups excluding carboxylic acids is 1. The highest BCUT2D eigenvalue weighted by Crippen LogP contribution is 2.28. The molecule has 1 saturated heterocycles. The Bertz CT molecular complexity index is 398. The molecule has 0 bridgehead atoms. The maximum atomic E-state index is 11.2. The van der Waals surface area contributed by atoms with E-state index in [-0.39, 0.29) is 6.03 Å². The number of hydrogen-bond acceptors (Lipinski definition) is 2. The largest absolute Gasteiger partial charge is 0.357 e. The zero-order chi connectivity index (χ0) is 17.2. The van der Waals surface area contributed by atoms with E-state index in [1.54, 1.807) is 4.90 Å². The summed E-state index contributed by atoms with van der Waals surface area (Å²) in [5.74, 6) is 1.90. The summed E-state index contributed by atoms with van der Waals surface area (Å²) in [6.45, 7) is 5.31. The number of guanidine groups is 1. The van der Waals surface area contributed by atoms with E-state index in [2.05, 4.69) is 17.6 Å². The van der Waals surface area contributed by atoms with Crippen LogP contribution in [0.3, 0.4) is 0 Å². The molecule has 2 amide bonds. The number of nitrogens with one attached hydrogen (secondary N) is 2. The van der Waals surface area contributed by atoms with Gasteiger partial charge in [0.2, 0.25) is 0 Å². The third kappa shape index (κ3) is 6.57. The maximum absolute atomic E-state index is 11.2. The zero-order valence-electron chi connectivity index (χ0n) is 15.2. The van der Waals surface area contributed by atoms with E-state index in [4.69, 9.17) is 10.7 Å². The van der Waals surface area contributed by atoms with Gasteiger partial charge in [0.1, 0.15) is 0 Å². The highest BCUT2D eigenvalue weighted by atomic mass is 16.2. The Morgan fingerprint density at radius 1 is 1.17 bits per heavy atom. The summed E-state index contributed by atoms with van der Waals surface area (Å²) in [6, 6.07) is 0.0631. The summed E-state index contributed by atoms with van der Waals surface area (Å²) in [6.07, 6.45) is 11.5. The summed E-state index contributed by atoms with van der Waals surface area (Å²) in [7, 11) is 0. The Hall–Kier alpha value is -1.46. The van der Waals surface area contributed by atoms with Crippen molar-refractivity contribution in [3.63, 3.8) is 0 Å². The van der Waals surface area contributed by atoms with Crippen LogP contribution in [0.15, 0.2) is 4.99 Å². The predicted molar refractivity (Wildman–Crippen MR) is 99.1 cm³/mol. The first-order chi connectivity index (χ1) is 11.7. The van der Waals surface area contributed by atoms with Crippen LogP contribution in [-0.4, -0.2) is 49.1 Å². The molecule has 6 heteroatoms. The van der Waals surface area contributed by atoms with Crippen molar-refractivity contribution in [1.82, 2.24) is 15.5 Å². The van der Waals surface area contributed by atoms with Crippen LogP contribution in [0.4, 0.5) is 4.79 Å². The van der Waals surface area contributed by atoms with Crippen LogP contribution < -0.4 is 16.4 Å². The van der Waals surface area contributed by atoms with E-state index in [1.165, 1.54) is 44.9 Å². The number of likely N-dealkylation sites (tertiary alicyclic amines) is 1. The fourth-order valence-electron chi connectivity index (χ4n) is 3.79. The molecule has 24 heavy (non-hydrogen) atoms. The molecule has 2 aliphatic rings. The SMILES string of the molecule is CCNC(=NCCCCC1CCCC1)NC1CCN(C(N)=O)CC1. The van der Waals surface area contributed by atoms with Crippen LogP contribution in [0.2, 0.25) is 0 Å². The number of nitrogens with two attached hydrogens (primary N) is 1. The highest BCUT2D eigenvalue weighted by molar-refractivity contribution is 5.80. The summed E-state index contributed by atoms with van der Waals surface area (Å²) in [4.78, 5) is 17.6. The average molecular weight is 338 g/mol. The minimum atomic E-state index is -0.309. The fraction of sp³-hybridized carbons (Fsp3) is 0.889. The number of carbonyl (C=O) groups is 1. The van der Waals surface area contributed by atoms with E-state index in [9.17, 15) is 4.79 Å². The Kier molecular flexibility index (Phi) is 8.19. The number of urea groups is 1. The molecule has 0 aromatic carbocycles. The van der Waals surface area contributed by atoms with Crippen molar-refractivity contribution in [2.75, 3.05) is 26.2 Å². The number of amides is 2. The van der Waals surface area contributed by atoms with Gasteiger partial charge in [0.05, 0.1) is 0 Å². The molecule has 0 atom stereocenters. The topological polar surface area (TPSA) is 82.8 Å². The van der Waals surface area contributed by atoms with Gasteiger partial charge in [-0.25, -0.2) is 4.79 Å². The molecule has 2 rings (SSSR count). The maximum Gasteiger partial charge on any atom is 0.314 e. The average Bonchev–Trinajstić information content (AvgIpc) is 3.08. The Morgan fingerprint density at radius 3 is 2.50 bits per heavy atom. The third-order valence-corrected chi connectivity index (χ3v) is 5.26. The van der Waals surface area contributed by atoms with Gasteiger partial charge in [0, 0.05) is 32.2 Å². The first kappa shape index (κ1) is 18.9. The van der Waals surface area contributed by atoms with Crippen LogP contribution >= 0.6 is 0 Å². The van der Waals surface area contributed by atoms with Gasteiger partial charge >= 0.3 is 6.03 Å². The molecule has 6 nitrogen and oxygen atoms in total. The second-order valence-corrected chi connectivity index (χ2v) is 7.15. The van der Waals surface area contributed by atoms with E-state index < -0.39 is 0 Å². The van der Waals surface area contributed by atoms with Gasteiger partial charge in [-0.1, -0.05) is 38.5 Å². The van der Waals surface area contributed by atoms with Gasteiger partial charge in [0.25, 0.3) is 0 Å². The summed E-state index contributed by atoms with van der Waals surface area (Å²) < 4.78 is 0. The zero-order valence-corrected chi connectivity index (χ0v) is 15.2. The molecule has 0 spiro atoms. The van der Waals surface area contributed by atoms with Crippen LogP contribution in [-0.2, 0) is 0 Å². The van der Waals surface area contributed by atoms with Crippen molar-refractivity contribution in [3.05, 3.63) is 0 Å². The number of piperidine rings is 1. The van der Waals surface area contributed by atoms with Crippen LogP contribution in [0.1, 0.15) is 64.7 Å². The molecule has 0 unspecified atom stereocenters. The second kappa shape index (κ2) is 10.4. The highest BCUT2D eigenvalue weighted by Gasteiger charge is 2.21. The lowest BCUT2D eigenvalue weighted by Crippen LogP contribution is -2.50. The molecule has 4 N–H and O–H groups in total. The second-order valence-electron chi connectivity index (χ2n) is 7.15. The van der Waals surface area contributed by atoms with Gasteiger partial charge in [-0.15, -0.1) is 0 Å². The molecule has 2 fully saturated rings. The number of rotatable bonds is 7. The molecule has 0 aromatic rings. The number of unbranched alkanes of at least 4 members (excludes halogenated alkanes) is 1. The number of hydrogen-bond donors (Lipinski definition) is 3. The van der Waals surface area contributed by atoms with Crippen LogP contribution in [0, 0.1) is 5.92 Å². The first-order valence-electron chi connectivity index (χ1n) is 9.78. The van der Waals surface area contributed by atoms with Crippen molar-refractivity contribution in [1.29, 1.82) is 0 Å². The molecule has 1 aliphatic heterocycles. The van der Waals surface area contributed by atoms with Gasteiger partial charge in [-0.05, 0) is 32.1 Å². The van der Waals surface area contributed by atoms with E-state index in [1.807, 2.05) is 0 Å². The fourth-order valence-corrected chi connectivity index (χ4v) is 3.79. The normalized spacial score (nSPS) is 20.4. The minimum absolute atomic E-state index is 0.309. The summed E-state index contributed by atoms with van der Waals surface area (Å²) in [5.41, 5.74) is 5.33. The Balaban J connectivity index is 1.65. The van der Waals surface area contributed by atoms with E-state index in [0.29, 0.717) is 6.04 Å². The third-order valence-electron chi connectivity index (χ3n) is 5.26. The van der Waals surface area contributed by atoms with Crippen molar-refractivity contribution in [2.45, 2.75) is 70.8 Å². The molecule has 1 saturated carbocycles. The Labute approximate surface area is 146 Å². The van der Waals surface area contributed by atoms with Gasteiger partial charge < -0.3 is 21.3 Å². The summed E-state index contributed by atoms with van der Waals surface area (Å²) >= 11 is 0. The van der Waals surface area contributed by atoms with E-state index in [0.717, 1.165) is 50.9 Å². The van der Waals surface area contributed by atoms with Crippen molar-refractivity contribution < 1.29 is 4.79 Å². The van der Waals surface area contributed by atoms with Crippen LogP contribution in [0.5, 0.6) is 0 Å². The van der Waals surface area contributed by atoms with Gasteiger partial charge in [0.15, 0.2) is 5.96 Å². The molecular formula is C18H35N5O. The molecule has 0 radical (unpaired) electrons. The van der Waals surface area contributed by atoms with Gasteiger partial charge in [-0.2, -0.15) is 0 Å². The lowest BCUT2D eigenvalue weighted by molar-refractivity contribution is 0.188. The van der Waals surface area contributed by atoms with Crippen molar-refractivity contribution in [3.8, 4) is 0 Å². The number of nitrogens with zero attached hydrogens (tertiary/aromatic N) is 2. The number of primary amides is 1. The molecule has 1 heterocycles. The standard InChI is InChI=1S/C18H35N5O/c1-2-20-18(21-12-6-5-9-15-7-3-4-8-15)22-16-10-13-23(14-11-16)17(19)24/h15-16H,2-14H2,1H3,(H2,19,24)(H2,20,21,22). The molecule has 138 valence electrons. The lowest BCUT2D eigenvalue weighted by atomic mass is 10.0. The van der Waals surface area contributed by atoms with E-state index >= 15 is 0 Å². The predicted octanol–water partition coefficient (Wildman–Crippen LogP) is 2.45. The van der Waals surface area contributed by atoms with Crippen molar-refractivity contribution in [2.24, 2.45) is 16.6 Å². The van der Waals surface area contributed by atoms with Gasteiger partial charge in [-0.3, -0.25) is 4.99 Å².